The number of anilines is 3. The van der Waals surface area contributed by atoms with E-state index in [1.165, 1.54) is 11.8 Å². The molecule has 0 spiro atoms. The molecule has 0 radical (unpaired) electrons. The van der Waals surface area contributed by atoms with Crippen molar-refractivity contribution in [3.05, 3.63) is 48.5 Å². The van der Waals surface area contributed by atoms with E-state index in [9.17, 15) is 14.4 Å². The standard InChI is InChI=1S/C20H22N4O3S/c1-13-10-19(26)23-14-6-2-4-8-16(14)24(13)20(27)11-22-15-7-3-5-9-17(15)28-12-18(21)25/h2-9,13,22H,10-12H2,1H3,(H2,21,25)(H,23,26)/t13-/m0/s1. The molecule has 1 atom stereocenters. The van der Waals surface area contributed by atoms with Gasteiger partial charge in [0, 0.05) is 23.0 Å². The summed E-state index contributed by atoms with van der Waals surface area (Å²) in [6.07, 6.45) is 0.228. The minimum absolute atomic E-state index is 0.0566. The number of para-hydroxylation sites is 3. The van der Waals surface area contributed by atoms with Gasteiger partial charge in [0.25, 0.3) is 0 Å². The van der Waals surface area contributed by atoms with Gasteiger partial charge in [0.1, 0.15) is 0 Å². The van der Waals surface area contributed by atoms with Crippen molar-refractivity contribution in [2.45, 2.75) is 24.3 Å². The largest absolute Gasteiger partial charge is 0.375 e. The van der Waals surface area contributed by atoms with E-state index in [4.69, 9.17) is 5.73 Å². The Bertz CT molecular complexity index is 903. The van der Waals surface area contributed by atoms with Gasteiger partial charge in [-0.15, -0.1) is 11.8 Å². The molecule has 0 aromatic heterocycles. The summed E-state index contributed by atoms with van der Waals surface area (Å²) in [7, 11) is 0. The van der Waals surface area contributed by atoms with Gasteiger partial charge in [-0.05, 0) is 31.2 Å². The average molecular weight is 398 g/mol. The summed E-state index contributed by atoms with van der Waals surface area (Å²) in [6, 6.07) is 14.4. The maximum atomic E-state index is 13.0. The number of primary amides is 1. The normalized spacial score (nSPS) is 16.0. The van der Waals surface area contributed by atoms with Gasteiger partial charge in [0.05, 0.1) is 23.7 Å². The van der Waals surface area contributed by atoms with E-state index >= 15 is 0 Å². The molecule has 0 fully saturated rings. The second kappa shape index (κ2) is 8.79. The number of rotatable bonds is 6. The first-order chi connectivity index (χ1) is 13.5. The van der Waals surface area contributed by atoms with Crippen LogP contribution in [0.4, 0.5) is 17.1 Å². The van der Waals surface area contributed by atoms with Gasteiger partial charge >= 0.3 is 0 Å². The van der Waals surface area contributed by atoms with Crippen LogP contribution >= 0.6 is 11.8 Å². The Balaban J connectivity index is 1.76. The molecule has 0 unspecified atom stereocenters. The first kappa shape index (κ1) is 19.8. The van der Waals surface area contributed by atoms with Crippen molar-refractivity contribution in [1.82, 2.24) is 0 Å². The van der Waals surface area contributed by atoms with E-state index < -0.39 is 5.91 Å². The molecule has 3 rings (SSSR count). The van der Waals surface area contributed by atoms with Gasteiger partial charge in [0.15, 0.2) is 0 Å². The van der Waals surface area contributed by atoms with Crippen LogP contribution in [0, 0.1) is 0 Å². The second-order valence-electron chi connectivity index (χ2n) is 6.49. The summed E-state index contributed by atoms with van der Waals surface area (Å²) in [5.41, 5.74) is 7.29. The Kier molecular flexibility index (Phi) is 6.20. The predicted octanol–water partition coefficient (Wildman–Crippen LogP) is 2.44. The van der Waals surface area contributed by atoms with Crippen LogP contribution in [0.15, 0.2) is 53.4 Å². The number of nitrogens with zero attached hydrogens (tertiary/aromatic N) is 1. The summed E-state index contributed by atoms with van der Waals surface area (Å²) in [6.45, 7) is 1.91. The Hall–Kier alpha value is -3.00. The van der Waals surface area contributed by atoms with Crippen LogP contribution in [-0.2, 0) is 14.4 Å². The van der Waals surface area contributed by atoms with E-state index in [2.05, 4.69) is 10.6 Å². The molecule has 1 aliphatic rings. The van der Waals surface area contributed by atoms with E-state index in [1.54, 1.807) is 11.0 Å². The number of hydrogen-bond acceptors (Lipinski definition) is 5. The molecular weight excluding hydrogens is 376 g/mol. The lowest BCUT2D eigenvalue weighted by molar-refractivity contribution is -0.118. The van der Waals surface area contributed by atoms with Gasteiger partial charge in [-0.25, -0.2) is 0 Å². The van der Waals surface area contributed by atoms with Gasteiger partial charge in [-0.3, -0.25) is 14.4 Å². The molecular formula is C20H22N4O3S. The third kappa shape index (κ3) is 4.64. The molecule has 1 heterocycles. The van der Waals surface area contributed by atoms with Crippen molar-refractivity contribution in [1.29, 1.82) is 0 Å². The fraction of sp³-hybridized carbons (Fsp3) is 0.250. The smallest absolute Gasteiger partial charge is 0.246 e. The van der Waals surface area contributed by atoms with Crippen molar-refractivity contribution in [2.75, 3.05) is 27.8 Å². The third-order valence-electron chi connectivity index (χ3n) is 4.32. The molecule has 146 valence electrons. The number of carbonyl (C=O) groups excluding carboxylic acids is 3. The molecule has 4 N–H and O–H groups in total. The first-order valence-electron chi connectivity index (χ1n) is 8.90. The molecule has 1 aliphatic heterocycles. The Morgan fingerprint density at radius 3 is 2.71 bits per heavy atom. The number of thioether (sulfide) groups is 1. The van der Waals surface area contributed by atoms with Crippen LogP contribution in [0.3, 0.4) is 0 Å². The molecule has 7 nitrogen and oxygen atoms in total. The molecule has 8 heteroatoms. The zero-order chi connectivity index (χ0) is 20.1. The summed E-state index contributed by atoms with van der Waals surface area (Å²) >= 11 is 1.32. The highest BCUT2D eigenvalue weighted by molar-refractivity contribution is 8.00. The van der Waals surface area contributed by atoms with Gasteiger partial charge in [-0.1, -0.05) is 24.3 Å². The SMILES string of the molecule is C[C@H]1CC(=O)Nc2ccccc2N1C(=O)CNc1ccccc1SCC(N)=O. The number of hydrogen-bond donors (Lipinski definition) is 3. The molecule has 28 heavy (non-hydrogen) atoms. The predicted molar refractivity (Wildman–Crippen MR) is 111 cm³/mol. The minimum atomic E-state index is -0.400. The monoisotopic (exact) mass is 398 g/mol. The molecule has 2 aromatic rings. The lowest BCUT2D eigenvalue weighted by atomic mass is 10.1. The second-order valence-corrected chi connectivity index (χ2v) is 7.50. The Morgan fingerprint density at radius 2 is 1.93 bits per heavy atom. The molecule has 3 amide bonds. The molecule has 0 aliphatic carbocycles. The number of nitrogens with two attached hydrogens (primary N) is 1. The van der Waals surface area contributed by atoms with E-state index in [0.29, 0.717) is 11.4 Å². The zero-order valence-electron chi connectivity index (χ0n) is 15.5. The first-order valence-corrected chi connectivity index (χ1v) is 9.89. The molecule has 2 aromatic carbocycles. The van der Waals surface area contributed by atoms with Crippen molar-refractivity contribution in [3.8, 4) is 0 Å². The highest BCUT2D eigenvalue weighted by atomic mass is 32.2. The van der Waals surface area contributed by atoms with Gasteiger partial charge < -0.3 is 21.3 Å². The van der Waals surface area contributed by atoms with Gasteiger partial charge in [-0.2, -0.15) is 0 Å². The maximum Gasteiger partial charge on any atom is 0.246 e. The van der Waals surface area contributed by atoms with Crippen LogP contribution in [0.25, 0.3) is 0 Å². The lowest BCUT2D eigenvalue weighted by Gasteiger charge is -2.28. The Morgan fingerprint density at radius 1 is 1.21 bits per heavy atom. The van der Waals surface area contributed by atoms with Crippen molar-refractivity contribution < 1.29 is 14.4 Å². The van der Waals surface area contributed by atoms with E-state index in [0.717, 1.165) is 10.6 Å². The van der Waals surface area contributed by atoms with Crippen LogP contribution in [0.1, 0.15) is 13.3 Å². The number of fused-ring (bicyclic) bond motifs is 1. The maximum absolute atomic E-state index is 13.0. The lowest BCUT2D eigenvalue weighted by Crippen LogP contribution is -2.42. The average Bonchev–Trinajstić information content (AvgIpc) is 2.79. The van der Waals surface area contributed by atoms with Crippen LogP contribution in [0.2, 0.25) is 0 Å². The van der Waals surface area contributed by atoms with Crippen LogP contribution in [-0.4, -0.2) is 36.1 Å². The fourth-order valence-corrected chi connectivity index (χ4v) is 3.88. The summed E-state index contributed by atoms with van der Waals surface area (Å²) in [5, 5.41) is 6.00. The highest BCUT2D eigenvalue weighted by Gasteiger charge is 2.29. The minimum Gasteiger partial charge on any atom is -0.375 e. The van der Waals surface area contributed by atoms with Crippen LogP contribution in [0.5, 0.6) is 0 Å². The molecule has 0 saturated heterocycles. The van der Waals surface area contributed by atoms with E-state index in [-0.39, 0.29) is 36.6 Å². The Labute approximate surface area is 167 Å². The number of amides is 3. The topological polar surface area (TPSA) is 105 Å². The number of benzene rings is 2. The summed E-state index contributed by atoms with van der Waals surface area (Å²) in [4.78, 5) is 38.6. The van der Waals surface area contributed by atoms with E-state index in [1.807, 2.05) is 49.4 Å². The van der Waals surface area contributed by atoms with Crippen molar-refractivity contribution >= 4 is 46.5 Å². The molecule has 0 bridgehead atoms. The van der Waals surface area contributed by atoms with Crippen molar-refractivity contribution in [2.24, 2.45) is 5.73 Å². The number of carbonyl (C=O) groups is 3. The van der Waals surface area contributed by atoms with Crippen LogP contribution < -0.4 is 21.3 Å². The summed E-state index contributed by atoms with van der Waals surface area (Å²) in [5.74, 6) is -0.498. The highest BCUT2D eigenvalue weighted by Crippen LogP contribution is 2.32. The zero-order valence-corrected chi connectivity index (χ0v) is 16.3. The fourth-order valence-electron chi connectivity index (χ4n) is 3.11. The third-order valence-corrected chi connectivity index (χ3v) is 5.41. The number of nitrogens with one attached hydrogen (secondary N) is 2. The van der Waals surface area contributed by atoms with Crippen molar-refractivity contribution in [3.63, 3.8) is 0 Å². The quantitative estimate of drug-likeness (QED) is 0.649. The summed E-state index contributed by atoms with van der Waals surface area (Å²) < 4.78 is 0. The van der Waals surface area contributed by atoms with Gasteiger partial charge in [0.2, 0.25) is 17.7 Å². The molecule has 0 saturated carbocycles.